The van der Waals surface area contributed by atoms with E-state index in [-0.39, 0.29) is 17.0 Å². The Morgan fingerprint density at radius 3 is 2.27 bits per heavy atom. The van der Waals surface area contributed by atoms with Gasteiger partial charge in [-0.25, -0.2) is 13.8 Å². The van der Waals surface area contributed by atoms with Gasteiger partial charge >= 0.3 is 0 Å². The molecule has 0 aliphatic rings. The molecule has 0 aliphatic carbocycles. The molecule has 9 heteroatoms. The maximum absolute atomic E-state index is 16.2. The molecule has 1 amide bonds. The molecular formula is C32H38F2N4O3. The van der Waals surface area contributed by atoms with E-state index in [0.717, 1.165) is 16.7 Å². The first-order chi connectivity index (χ1) is 19.5. The molecule has 4 rings (SSSR count). The summed E-state index contributed by atoms with van der Waals surface area (Å²) >= 11 is 0. The molecule has 1 atom stereocenters. The molecule has 0 fully saturated rings. The summed E-state index contributed by atoms with van der Waals surface area (Å²) in [7, 11) is 3.14. The molecule has 0 bridgehead atoms. The van der Waals surface area contributed by atoms with Crippen LogP contribution in [0, 0.1) is 17.6 Å². The monoisotopic (exact) mass is 564 g/mol. The van der Waals surface area contributed by atoms with Gasteiger partial charge in [-0.05, 0) is 47.9 Å². The van der Waals surface area contributed by atoms with Gasteiger partial charge in [0.15, 0.2) is 23.1 Å². The zero-order chi connectivity index (χ0) is 29.8. The number of ether oxygens (including phenoxy) is 2. The Hall–Kier alpha value is -4.14. The third-order valence-corrected chi connectivity index (χ3v) is 7.20. The average Bonchev–Trinajstić information content (AvgIpc) is 3.31. The summed E-state index contributed by atoms with van der Waals surface area (Å²) in [5.74, 6) is -0.189. The molecule has 0 saturated carbocycles. The lowest BCUT2D eigenvalue weighted by Crippen LogP contribution is -2.37. The summed E-state index contributed by atoms with van der Waals surface area (Å²) in [6.07, 6.45) is 0.845. The van der Waals surface area contributed by atoms with E-state index >= 15 is 8.78 Å². The highest BCUT2D eigenvalue weighted by Gasteiger charge is 2.26. The third kappa shape index (κ3) is 6.45. The number of fused-ring (bicyclic) bond motifs is 1. The first kappa shape index (κ1) is 29.8. The van der Waals surface area contributed by atoms with Gasteiger partial charge in [0, 0.05) is 18.2 Å². The van der Waals surface area contributed by atoms with Crippen molar-refractivity contribution in [3.8, 4) is 22.9 Å². The number of nitrogens with two attached hydrogens (primary N) is 1. The highest BCUT2D eigenvalue weighted by molar-refractivity contribution is 5.87. The summed E-state index contributed by atoms with van der Waals surface area (Å²) in [5, 5.41) is 2.74. The number of benzene rings is 3. The quantitative estimate of drug-likeness (QED) is 0.200. The van der Waals surface area contributed by atoms with E-state index in [9.17, 15) is 4.79 Å². The predicted molar refractivity (Wildman–Crippen MR) is 158 cm³/mol. The average molecular weight is 565 g/mol. The Morgan fingerprint density at radius 1 is 1.00 bits per heavy atom. The van der Waals surface area contributed by atoms with E-state index in [4.69, 9.17) is 15.2 Å². The Balaban J connectivity index is 1.83. The summed E-state index contributed by atoms with van der Waals surface area (Å²) in [5.41, 5.74) is 8.38. The number of rotatable bonds is 12. The van der Waals surface area contributed by atoms with Crippen LogP contribution in [0.2, 0.25) is 0 Å². The molecule has 1 heterocycles. The first-order valence-corrected chi connectivity index (χ1v) is 13.8. The summed E-state index contributed by atoms with van der Waals surface area (Å²) in [6.45, 7) is 8.39. The second kappa shape index (κ2) is 12.6. The molecule has 1 aromatic heterocycles. The normalized spacial score (nSPS) is 12.2. The van der Waals surface area contributed by atoms with Crippen LogP contribution >= 0.6 is 0 Å². The second-order valence-electron chi connectivity index (χ2n) is 10.9. The van der Waals surface area contributed by atoms with E-state index in [2.05, 4.69) is 24.1 Å². The lowest BCUT2D eigenvalue weighted by Gasteiger charge is -2.20. The number of primary amides is 1. The molecule has 3 N–H and O–H groups in total. The smallest absolute Gasteiger partial charge is 0.239 e. The molecule has 0 unspecified atom stereocenters. The van der Waals surface area contributed by atoms with E-state index in [0.29, 0.717) is 42.6 Å². The fourth-order valence-electron chi connectivity index (χ4n) is 4.97. The van der Waals surface area contributed by atoms with Crippen LogP contribution in [0.25, 0.3) is 22.4 Å². The minimum Gasteiger partial charge on any atom is -0.493 e. The number of nitrogens with one attached hydrogen (secondary N) is 1. The Kier molecular flexibility index (Phi) is 9.15. The van der Waals surface area contributed by atoms with E-state index in [1.54, 1.807) is 18.8 Å². The van der Waals surface area contributed by atoms with Crippen molar-refractivity contribution in [2.45, 2.75) is 59.0 Å². The Labute approximate surface area is 239 Å². The number of amides is 1. The van der Waals surface area contributed by atoms with Crippen molar-refractivity contribution in [1.29, 1.82) is 0 Å². The van der Waals surface area contributed by atoms with E-state index in [1.807, 2.05) is 56.3 Å². The standard InChI is InChI=1S/C32H38F2N4O3/c1-18(2)15-25(31(35)39)36-29-23(33)17-24-30(28(29)34)38(14-13-20-7-12-26(40-5)27(16-20)41-6)32(37-24)22-10-8-21(9-11-22)19(3)4/h7-12,16-19,25,36H,13-15H2,1-6H3,(H2,35,39)/t25-/m0/s1. The van der Waals surface area contributed by atoms with Gasteiger partial charge in [0.25, 0.3) is 0 Å². The molecule has 0 saturated heterocycles. The molecule has 3 aromatic carbocycles. The largest absolute Gasteiger partial charge is 0.493 e. The van der Waals surface area contributed by atoms with Gasteiger partial charge in [-0.3, -0.25) is 4.79 Å². The van der Waals surface area contributed by atoms with Gasteiger partial charge in [0.1, 0.15) is 23.1 Å². The van der Waals surface area contributed by atoms with E-state index in [1.165, 1.54) is 6.07 Å². The number of anilines is 1. The van der Waals surface area contributed by atoms with Gasteiger partial charge in [-0.2, -0.15) is 0 Å². The molecule has 0 radical (unpaired) electrons. The number of carbonyl (C=O) groups excluding carboxylic acids is 1. The number of nitrogens with zero attached hydrogens (tertiary/aromatic N) is 2. The van der Waals surface area contributed by atoms with Crippen LogP contribution in [0.1, 0.15) is 51.2 Å². The molecule has 41 heavy (non-hydrogen) atoms. The highest BCUT2D eigenvalue weighted by atomic mass is 19.1. The second-order valence-corrected chi connectivity index (χ2v) is 10.9. The molecule has 218 valence electrons. The number of halogens is 2. The molecule has 4 aromatic rings. The van der Waals surface area contributed by atoms with Crippen molar-refractivity contribution in [1.82, 2.24) is 9.55 Å². The fraction of sp³-hybridized carbons (Fsp3) is 0.375. The fourth-order valence-corrected chi connectivity index (χ4v) is 4.97. The van der Waals surface area contributed by atoms with Crippen molar-refractivity contribution >= 4 is 22.6 Å². The minimum absolute atomic E-state index is 0.0854. The zero-order valence-electron chi connectivity index (χ0n) is 24.4. The third-order valence-electron chi connectivity index (χ3n) is 7.20. The van der Waals surface area contributed by atoms with Crippen LogP contribution in [0.3, 0.4) is 0 Å². The zero-order valence-corrected chi connectivity index (χ0v) is 24.4. The van der Waals surface area contributed by atoms with Gasteiger partial charge in [0.2, 0.25) is 5.91 Å². The van der Waals surface area contributed by atoms with Crippen LogP contribution in [-0.2, 0) is 17.8 Å². The van der Waals surface area contributed by atoms with Gasteiger partial charge < -0.3 is 25.1 Å². The highest BCUT2D eigenvalue weighted by Crippen LogP contribution is 2.34. The number of carbonyl (C=O) groups is 1. The number of hydrogen-bond donors (Lipinski definition) is 2. The van der Waals surface area contributed by atoms with Crippen LogP contribution in [-0.4, -0.2) is 35.7 Å². The lowest BCUT2D eigenvalue weighted by atomic mass is 10.0. The van der Waals surface area contributed by atoms with Gasteiger partial charge in [-0.15, -0.1) is 0 Å². The van der Waals surface area contributed by atoms with Gasteiger partial charge in [0.05, 0.1) is 19.7 Å². The van der Waals surface area contributed by atoms with Crippen molar-refractivity contribution in [3.63, 3.8) is 0 Å². The molecule has 7 nitrogen and oxygen atoms in total. The minimum atomic E-state index is -0.928. The Morgan fingerprint density at radius 2 is 1.68 bits per heavy atom. The van der Waals surface area contributed by atoms with Gasteiger partial charge in [-0.1, -0.05) is 58.0 Å². The topological polar surface area (TPSA) is 91.4 Å². The number of hydrogen-bond acceptors (Lipinski definition) is 5. The SMILES string of the molecule is COc1ccc(CCn2c(-c3ccc(C(C)C)cc3)nc3cc(F)c(N[C@@H](CC(C)C)C(N)=O)c(F)c32)cc1OC. The lowest BCUT2D eigenvalue weighted by molar-refractivity contribution is -0.119. The predicted octanol–water partition coefficient (Wildman–Crippen LogP) is 6.68. The summed E-state index contributed by atoms with van der Waals surface area (Å²) < 4.78 is 44.1. The maximum atomic E-state index is 16.2. The maximum Gasteiger partial charge on any atom is 0.239 e. The molecule has 0 aliphatic heterocycles. The first-order valence-electron chi connectivity index (χ1n) is 13.8. The number of aryl methyl sites for hydroxylation is 2. The number of aromatic nitrogens is 2. The van der Waals surface area contributed by atoms with Crippen LogP contribution in [0.15, 0.2) is 48.5 Å². The van der Waals surface area contributed by atoms with Crippen molar-refractivity contribution < 1.29 is 23.0 Å². The van der Waals surface area contributed by atoms with Crippen molar-refractivity contribution in [2.75, 3.05) is 19.5 Å². The Bertz CT molecular complexity index is 1530. The van der Waals surface area contributed by atoms with Crippen LogP contribution in [0.5, 0.6) is 11.5 Å². The van der Waals surface area contributed by atoms with Crippen LogP contribution in [0.4, 0.5) is 14.5 Å². The molecular weight excluding hydrogens is 526 g/mol. The van der Waals surface area contributed by atoms with Crippen molar-refractivity contribution in [2.24, 2.45) is 11.7 Å². The summed E-state index contributed by atoms with van der Waals surface area (Å²) in [4.78, 5) is 16.8. The number of methoxy groups -OCH3 is 2. The van der Waals surface area contributed by atoms with Crippen molar-refractivity contribution in [3.05, 3.63) is 71.3 Å². The summed E-state index contributed by atoms with van der Waals surface area (Å²) in [6, 6.07) is 13.8. The van der Waals surface area contributed by atoms with Crippen LogP contribution < -0.4 is 20.5 Å². The molecule has 0 spiro atoms. The van der Waals surface area contributed by atoms with E-state index < -0.39 is 29.3 Å². The number of imidazole rings is 1.